The molecule has 0 aromatic heterocycles. The Balaban J connectivity index is 3.38. The van der Waals surface area contributed by atoms with Crippen LogP contribution in [-0.2, 0) is 14.3 Å². The number of aliphatic hydroxyl groups is 2. The Morgan fingerprint density at radius 3 is 0.929 bits per heavy atom. The van der Waals surface area contributed by atoms with E-state index in [4.69, 9.17) is 4.74 Å². The van der Waals surface area contributed by atoms with E-state index in [0.717, 1.165) is 57.8 Å². The molecule has 0 radical (unpaired) electrons. The van der Waals surface area contributed by atoms with Crippen LogP contribution in [0.2, 0.25) is 0 Å². The standard InChI is InChI=1S/C78H145NO5/c1-3-5-7-9-11-13-15-17-42-46-50-54-58-62-66-70-76(81)75(74-80)79-77(82)71-67-63-59-55-51-47-44-40-38-36-34-32-30-28-26-24-22-20-19-21-23-25-27-29-31-33-35-37-39-41-45-49-53-57-61-65-69-73-84-78(83)72-68-64-60-56-52-48-43-18-16-14-12-10-8-6-4-2/h12,14,18-19,21,25,27,43,66,70,75-76,80-81H,3-11,13,15-17,20,22-24,26,28-42,44-65,67-69,71-74H2,1-2H3,(H,79,82)/b14-12-,21-19-,27-25-,43-18-,70-66+. The van der Waals surface area contributed by atoms with Crippen molar-refractivity contribution in [1.82, 2.24) is 5.32 Å². The second-order valence-corrected chi connectivity index (χ2v) is 25.6. The molecule has 0 aromatic rings. The van der Waals surface area contributed by atoms with Crippen LogP contribution in [0.5, 0.6) is 0 Å². The number of nitrogens with one attached hydrogen (secondary N) is 1. The number of allylic oxidation sites excluding steroid dienone is 9. The van der Waals surface area contributed by atoms with Gasteiger partial charge in [-0.05, 0) is 96.3 Å². The second kappa shape index (κ2) is 73.0. The minimum atomic E-state index is -0.843. The summed E-state index contributed by atoms with van der Waals surface area (Å²) in [5.74, 6) is -0.0590. The summed E-state index contributed by atoms with van der Waals surface area (Å²) in [6, 6.07) is -0.626. The molecular weight excluding hydrogens is 1030 g/mol. The van der Waals surface area contributed by atoms with E-state index in [1.807, 2.05) is 6.08 Å². The van der Waals surface area contributed by atoms with Crippen molar-refractivity contribution in [2.75, 3.05) is 13.2 Å². The highest BCUT2D eigenvalue weighted by Gasteiger charge is 2.18. The van der Waals surface area contributed by atoms with Gasteiger partial charge in [0.1, 0.15) is 0 Å². The molecule has 1 amide bonds. The smallest absolute Gasteiger partial charge is 0.305 e. The molecule has 0 saturated carbocycles. The largest absolute Gasteiger partial charge is 0.466 e. The Kier molecular flexibility index (Phi) is 70.9. The molecule has 0 aromatic carbocycles. The Bertz CT molecular complexity index is 1450. The van der Waals surface area contributed by atoms with Gasteiger partial charge in [-0.25, -0.2) is 0 Å². The molecular formula is C78H145NO5. The fourth-order valence-electron chi connectivity index (χ4n) is 11.5. The first kappa shape index (κ1) is 81.6. The van der Waals surface area contributed by atoms with Gasteiger partial charge in [-0.3, -0.25) is 9.59 Å². The van der Waals surface area contributed by atoms with Gasteiger partial charge in [0.25, 0.3) is 0 Å². The molecule has 0 bridgehead atoms. The fraction of sp³-hybridized carbons (Fsp3) is 0.846. The molecule has 2 unspecified atom stereocenters. The molecule has 0 spiro atoms. The van der Waals surface area contributed by atoms with E-state index in [9.17, 15) is 19.8 Å². The van der Waals surface area contributed by atoms with Crippen LogP contribution in [0.1, 0.15) is 399 Å². The number of unbranched alkanes of at least 4 members (excludes halogenated alkanes) is 51. The first-order valence-corrected chi connectivity index (χ1v) is 37.6. The predicted octanol–water partition coefficient (Wildman–Crippen LogP) is 24.6. The third-order valence-electron chi connectivity index (χ3n) is 17.3. The normalized spacial score (nSPS) is 12.9. The zero-order valence-corrected chi connectivity index (χ0v) is 56.4. The molecule has 0 saturated heterocycles. The summed E-state index contributed by atoms with van der Waals surface area (Å²) in [6.45, 7) is 4.89. The monoisotopic (exact) mass is 1180 g/mol. The fourth-order valence-corrected chi connectivity index (χ4v) is 11.5. The highest BCUT2D eigenvalue weighted by Crippen LogP contribution is 2.18. The highest BCUT2D eigenvalue weighted by molar-refractivity contribution is 5.76. The van der Waals surface area contributed by atoms with Crippen molar-refractivity contribution in [2.24, 2.45) is 0 Å². The van der Waals surface area contributed by atoms with E-state index in [1.165, 1.54) is 315 Å². The maximum absolute atomic E-state index is 12.5. The van der Waals surface area contributed by atoms with E-state index in [1.54, 1.807) is 6.08 Å². The van der Waals surface area contributed by atoms with Crippen LogP contribution in [0.3, 0.4) is 0 Å². The van der Waals surface area contributed by atoms with Crippen molar-refractivity contribution >= 4 is 11.9 Å². The summed E-state index contributed by atoms with van der Waals surface area (Å²) in [5.41, 5.74) is 0. The number of hydrogen-bond donors (Lipinski definition) is 3. The Hall–Kier alpha value is -2.44. The maximum Gasteiger partial charge on any atom is 0.305 e. The van der Waals surface area contributed by atoms with Crippen molar-refractivity contribution in [3.05, 3.63) is 60.8 Å². The molecule has 492 valence electrons. The summed E-state index contributed by atoms with van der Waals surface area (Å²) >= 11 is 0. The number of carbonyl (C=O) groups is 2. The van der Waals surface area contributed by atoms with Gasteiger partial charge in [-0.2, -0.15) is 0 Å². The van der Waals surface area contributed by atoms with Gasteiger partial charge in [-0.1, -0.05) is 351 Å². The summed E-state index contributed by atoms with van der Waals surface area (Å²) in [7, 11) is 0. The van der Waals surface area contributed by atoms with E-state index < -0.39 is 12.1 Å². The molecule has 0 aliphatic carbocycles. The quantitative estimate of drug-likeness (QED) is 0.0320. The number of rotatable bonds is 70. The molecule has 0 aliphatic heterocycles. The van der Waals surface area contributed by atoms with Gasteiger partial charge in [-0.15, -0.1) is 0 Å². The average molecular weight is 1180 g/mol. The van der Waals surface area contributed by atoms with Gasteiger partial charge in [0.15, 0.2) is 0 Å². The molecule has 0 aliphatic rings. The van der Waals surface area contributed by atoms with Gasteiger partial charge < -0.3 is 20.3 Å². The van der Waals surface area contributed by atoms with Gasteiger partial charge in [0.2, 0.25) is 5.91 Å². The van der Waals surface area contributed by atoms with Crippen LogP contribution in [0, 0.1) is 0 Å². The number of aliphatic hydroxyl groups excluding tert-OH is 2. The van der Waals surface area contributed by atoms with Gasteiger partial charge >= 0.3 is 5.97 Å². The Morgan fingerprint density at radius 1 is 0.333 bits per heavy atom. The maximum atomic E-state index is 12.5. The summed E-state index contributed by atoms with van der Waals surface area (Å²) < 4.78 is 5.49. The van der Waals surface area contributed by atoms with Crippen molar-refractivity contribution in [1.29, 1.82) is 0 Å². The van der Waals surface area contributed by atoms with Crippen LogP contribution in [0.15, 0.2) is 60.8 Å². The molecule has 0 rings (SSSR count). The number of hydrogen-bond acceptors (Lipinski definition) is 5. The number of ether oxygens (including phenoxy) is 1. The van der Waals surface area contributed by atoms with Crippen LogP contribution in [0.25, 0.3) is 0 Å². The SMILES string of the molecule is CCCCC/C=C\C/C=C\CCCCCCCC(=O)OCCCCCCCCCCCCCCC/C=C\C/C=C\CCCCCCCCCCCCCCCCCCCC(=O)NC(CO)C(O)/C=C/CCCCCCCCCCCCCCC. The molecule has 6 nitrogen and oxygen atoms in total. The lowest BCUT2D eigenvalue weighted by molar-refractivity contribution is -0.143. The number of amides is 1. The van der Waals surface area contributed by atoms with Crippen molar-refractivity contribution in [3.8, 4) is 0 Å². The van der Waals surface area contributed by atoms with E-state index in [2.05, 4.69) is 67.8 Å². The minimum absolute atomic E-state index is 0.00444. The first-order valence-electron chi connectivity index (χ1n) is 37.6. The van der Waals surface area contributed by atoms with Crippen molar-refractivity contribution in [3.63, 3.8) is 0 Å². The number of esters is 1. The lowest BCUT2D eigenvalue weighted by Crippen LogP contribution is -2.45. The Labute approximate surface area is 524 Å². The second-order valence-electron chi connectivity index (χ2n) is 25.6. The molecule has 0 fully saturated rings. The van der Waals surface area contributed by atoms with Crippen LogP contribution in [-0.4, -0.2) is 47.4 Å². The van der Waals surface area contributed by atoms with Crippen LogP contribution in [0.4, 0.5) is 0 Å². The molecule has 3 N–H and O–H groups in total. The third-order valence-corrected chi connectivity index (χ3v) is 17.3. The zero-order valence-electron chi connectivity index (χ0n) is 56.4. The number of carbonyl (C=O) groups excluding carboxylic acids is 2. The summed E-state index contributed by atoms with van der Waals surface area (Å²) in [5, 5.41) is 23.2. The Morgan fingerprint density at radius 2 is 0.595 bits per heavy atom. The summed E-state index contributed by atoms with van der Waals surface area (Å²) in [6.07, 6.45) is 97.6. The third kappa shape index (κ3) is 68.7. The zero-order chi connectivity index (χ0) is 60.6. The summed E-state index contributed by atoms with van der Waals surface area (Å²) in [4.78, 5) is 24.6. The lowest BCUT2D eigenvalue weighted by Gasteiger charge is -2.20. The van der Waals surface area contributed by atoms with Crippen LogP contribution >= 0.6 is 0 Å². The van der Waals surface area contributed by atoms with E-state index in [0.29, 0.717) is 19.4 Å². The van der Waals surface area contributed by atoms with Crippen molar-refractivity contribution in [2.45, 2.75) is 411 Å². The molecule has 84 heavy (non-hydrogen) atoms. The molecule has 6 heteroatoms. The predicted molar refractivity (Wildman–Crippen MR) is 370 cm³/mol. The van der Waals surface area contributed by atoms with E-state index >= 15 is 0 Å². The molecule has 0 heterocycles. The molecule has 2 atom stereocenters. The minimum Gasteiger partial charge on any atom is -0.466 e. The van der Waals surface area contributed by atoms with Gasteiger partial charge in [0.05, 0.1) is 25.4 Å². The average Bonchev–Trinajstić information content (AvgIpc) is 3.53. The van der Waals surface area contributed by atoms with Crippen LogP contribution < -0.4 is 5.32 Å². The van der Waals surface area contributed by atoms with Crippen molar-refractivity contribution < 1.29 is 24.5 Å². The first-order chi connectivity index (χ1) is 41.5. The van der Waals surface area contributed by atoms with E-state index in [-0.39, 0.29) is 18.5 Å². The lowest BCUT2D eigenvalue weighted by atomic mass is 10.0. The van der Waals surface area contributed by atoms with Gasteiger partial charge in [0, 0.05) is 12.8 Å². The highest BCUT2D eigenvalue weighted by atomic mass is 16.5. The topological polar surface area (TPSA) is 95.9 Å².